The zero-order chi connectivity index (χ0) is 25.2. The summed E-state index contributed by atoms with van der Waals surface area (Å²) in [6.45, 7) is 3.33. The highest BCUT2D eigenvalue weighted by molar-refractivity contribution is 6.00. The molecule has 2 aliphatic rings. The molecule has 0 spiro atoms. The van der Waals surface area contributed by atoms with Crippen molar-refractivity contribution < 1.29 is 18.8 Å². The van der Waals surface area contributed by atoms with Gasteiger partial charge >= 0.3 is 5.76 Å². The monoisotopic (exact) mass is 487 g/mol. The number of rotatable bonds is 6. The summed E-state index contributed by atoms with van der Waals surface area (Å²) < 4.78 is 5.03. The second-order valence-electron chi connectivity index (χ2n) is 9.13. The van der Waals surface area contributed by atoms with Gasteiger partial charge < -0.3 is 14.2 Å². The van der Waals surface area contributed by atoms with Gasteiger partial charge in [-0.15, -0.1) is 0 Å². The summed E-state index contributed by atoms with van der Waals surface area (Å²) in [5, 5.41) is 8.96. The van der Waals surface area contributed by atoms with Crippen molar-refractivity contribution in [2.75, 3.05) is 44.2 Å². The molecule has 10 heteroatoms. The van der Waals surface area contributed by atoms with Crippen LogP contribution < -0.4 is 10.7 Å². The first-order valence-electron chi connectivity index (χ1n) is 11.9. The molecule has 36 heavy (non-hydrogen) atoms. The Kier molecular flexibility index (Phi) is 6.40. The van der Waals surface area contributed by atoms with Gasteiger partial charge in [0.15, 0.2) is 11.4 Å². The van der Waals surface area contributed by atoms with Gasteiger partial charge in [0.1, 0.15) is 0 Å². The fourth-order valence-corrected chi connectivity index (χ4v) is 4.81. The first-order chi connectivity index (χ1) is 17.4. The average molecular weight is 488 g/mol. The van der Waals surface area contributed by atoms with Gasteiger partial charge in [0.25, 0.3) is 0 Å². The molecule has 2 aromatic carbocycles. The van der Waals surface area contributed by atoms with E-state index >= 15 is 0 Å². The van der Waals surface area contributed by atoms with Gasteiger partial charge in [-0.1, -0.05) is 0 Å². The number of fused-ring (bicyclic) bond motifs is 1. The van der Waals surface area contributed by atoms with Crippen LogP contribution in [-0.4, -0.2) is 71.6 Å². The number of hydrogen-bond donors (Lipinski definition) is 1. The summed E-state index contributed by atoms with van der Waals surface area (Å²) in [6, 6.07) is 13.8. The Morgan fingerprint density at radius 3 is 2.53 bits per heavy atom. The van der Waals surface area contributed by atoms with Gasteiger partial charge in [0.05, 0.1) is 23.1 Å². The number of amides is 2. The van der Waals surface area contributed by atoms with E-state index < -0.39 is 5.76 Å². The van der Waals surface area contributed by atoms with E-state index in [1.54, 1.807) is 52.3 Å². The number of hydrogen-bond acceptors (Lipinski definition) is 7. The van der Waals surface area contributed by atoms with E-state index in [-0.39, 0.29) is 29.9 Å². The molecule has 2 amide bonds. The lowest BCUT2D eigenvalue weighted by Crippen LogP contribution is -2.50. The highest BCUT2D eigenvalue weighted by atomic mass is 16.4. The van der Waals surface area contributed by atoms with Gasteiger partial charge in [-0.25, -0.2) is 4.79 Å². The smallest absolute Gasteiger partial charge is 0.408 e. The number of aromatic amines is 1. The van der Waals surface area contributed by atoms with Crippen molar-refractivity contribution in [2.45, 2.75) is 12.8 Å². The molecule has 10 nitrogen and oxygen atoms in total. The van der Waals surface area contributed by atoms with E-state index in [4.69, 9.17) is 9.68 Å². The molecule has 2 fully saturated rings. The maximum atomic E-state index is 13.1. The molecule has 1 aromatic heterocycles. The predicted molar refractivity (Wildman–Crippen MR) is 130 cm³/mol. The standard InChI is InChI=1S/C26H25N5O5/c27-15-17-1-4-20(5-2-17)31-16-19(14-24(31)33)25(34)30-11-9-29(10-12-30)8-7-22(32)18-3-6-21-23(13-18)36-26(35)28-21/h1-6,13,19H,7-12,14,16H2,(H,28,35). The lowest BCUT2D eigenvalue weighted by atomic mass is 10.1. The van der Waals surface area contributed by atoms with E-state index in [0.29, 0.717) is 73.6 Å². The molecule has 3 aromatic rings. The molecular weight excluding hydrogens is 462 g/mol. The van der Waals surface area contributed by atoms with E-state index in [9.17, 15) is 19.2 Å². The Balaban J connectivity index is 1.11. The number of aromatic nitrogens is 1. The molecule has 0 bridgehead atoms. The molecule has 2 saturated heterocycles. The molecule has 0 aliphatic carbocycles. The number of carbonyl (C=O) groups is 3. The van der Waals surface area contributed by atoms with E-state index in [1.807, 2.05) is 0 Å². The van der Waals surface area contributed by atoms with Gasteiger partial charge in [0.2, 0.25) is 11.8 Å². The quantitative estimate of drug-likeness (QED) is 0.524. The largest absolute Gasteiger partial charge is 0.417 e. The zero-order valence-electron chi connectivity index (χ0n) is 19.6. The van der Waals surface area contributed by atoms with E-state index in [1.165, 1.54) is 0 Å². The zero-order valence-corrected chi connectivity index (χ0v) is 19.6. The fourth-order valence-electron chi connectivity index (χ4n) is 4.81. The maximum absolute atomic E-state index is 13.1. The highest BCUT2D eigenvalue weighted by Crippen LogP contribution is 2.27. The number of ketones is 1. The number of H-pyrrole nitrogens is 1. The topological polar surface area (TPSA) is 131 Å². The number of nitriles is 1. The number of nitrogens with one attached hydrogen (secondary N) is 1. The van der Waals surface area contributed by atoms with Gasteiger partial charge in [0, 0.05) is 63.4 Å². The van der Waals surface area contributed by atoms with Gasteiger partial charge in [-0.2, -0.15) is 5.26 Å². The molecule has 0 saturated carbocycles. The van der Waals surface area contributed by atoms with Crippen LogP contribution in [0.2, 0.25) is 0 Å². The Hall–Kier alpha value is -4.23. The van der Waals surface area contributed by atoms with Gasteiger partial charge in [-0.05, 0) is 42.5 Å². The van der Waals surface area contributed by atoms with Crippen molar-refractivity contribution in [3.63, 3.8) is 0 Å². The fraction of sp³-hybridized carbons (Fsp3) is 0.346. The average Bonchev–Trinajstić information content (AvgIpc) is 3.48. The molecule has 5 rings (SSSR count). The van der Waals surface area contributed by atoms with Crippen molar-refractivity contribution in [3.05, 3.63) is 64.1 Å². The molecular formula is C26H25N5O5. The number of piperazine rings is 1. The molecule has 184 valence electrons. The van der Waals surface area contributed by atoms with E-state index in [0.717, 1.165) is 0 Å². The third kappa shape index (κ3) is 4.78. The normalized spacial score (nSPS) is 18.5. The summed E-state index contributed by atoms with van der Waals surface area (Å²) in [7, 11) is 0. The number of anilines is 1. The van der Waals surface area contributed by atoms with Crippen LogP contribution in [0.1, 0.15) is 28.8 Å². The van der Waals surface area contributed by atoms with Crippen LogP contribution in [0, 0.1) is 17.2 Å². The van der Waals surface area contributed by atoms with Crippen molar-refractivity contribution in [3.8, 4) is 6.07 Å². The Labute approximate surface area is 206 Å². The molecule has 1 unspecified atom stereocenters. The minimum atomic E-state index is -0.550. The lowest BCUT2D eigenvalue weighted by molar-refractivity contribution is -0.137. The predicted octanol–water partition coefficient (Wildman–Crippen LogP) is 1.76. The van der Waals surface area contributed by atoms with E-state index in [2.05, 4.69) is 16.0 Å². The third-order valence-electron chi connectivity index (χ3n) is 6.86. The first-order valence-corrected chi connectivity index (χ1v) is 11.9. The van der Waals surface area contributed by atoms with Crippen molar-refractivity contribution >= 4 is 34.4 Å². The van der Waals surface area contributed by atoms with Crippen molar-refractivity contribution in [1.29, 1.82) is 5.26 Å². The van der Waals surface area contributed by atoms with Crippen LogP contribution in [0.4, 0.5) is 5.69 Å². The van der Waals surface area contributed by atoms with Crippen LogP contribution in [0.3, 0.4) is 0 Å². The lowest BCUT2D eigenvalue weighted by Gasteiger charge is -2.35. The second kappa shape index (κ2) is 9.79. The number of carbonyl (C=O) groups excluding carboxylic acids is 3. The SMILES string of the molecule is N#Cc1ccc(N2CC(C(=O)N3CCN(CCC(=O)c4ccc5[nH]c(=O)oc5c4)CC3)CC2=O)cc1. The summed E-state index contributed by atoms with van der Waals surface area (Å²) in [5.74, 6) is -1.08. The minimum Gasteiger partial charge on any atom is -0.408 e. The Morgan fingerprint density at radius 2 is 1.81 bits per heavy atom. The number of benzene rings is 2. The summed E-state index contributed by atoms with van der Waals surface area (Å²) in [5.41, 5.74) is 2.63. The summed E-state index contributed by atoms with van der Waals surface area (Å²) in [6.07, 6.45) is 0.504. The molecule has 2 aliphatic heterocycles. The van der Waals surface area contributed by atoms with Crippen LogP contribution in [0.25, 0.3) is 11.1 Å². The van der Waals surface area contributed by atoms with Crippen LogP contribution >= 0.6 is 0 Å². The van der Waals surface area contributed by atoms with Crippen molar-refractivity contribution in [1.82, 2.24) is 14.8 Å². The highest BCUT2D eigenvalue weighted by Gasteiger charge is 2.38. The second-order valence-corrected chi connectivity index (χ2v) is 9.13. The number of Topliss-reactive ketones (excluding diaryl/α,β-unsaturated/α-hetero) is 1. The van der Waals surface area contributed by atoms with Crippen LogP contribution in [-0.2, 0) is 9.59 Å². The third-order valence-corrected chi connectivity index (χ3v) is 6.86. The molecule has 1 N–H and O–H groups in total. The van der Waals surface area contributed by atoms with Crippen LogP contribution in [0.5, 0.6) is 0 Å². The van der Waals surface area contributed by atoms with Crippen LogP contribution in [0.15, 0.2) is 51.7 Å². The minimum absolute atomic E-state index is 0.0171. The number of nitrogens with zero attached hydrogens (tertiary/aromatic N) is 4. The first kappa shape index (κ1) is 23.5. The van der Waals surface area contributed by atoms with Crippen molar-refractivity contribution in [2.24, 2.45) is 5.92 Å². The number of oxazole rings is 1. The summed E-state index contributed by atoms with van der Waals surface area (Å²) >= 11 is 0. The van der Waals surface area contributed by atoms with Gasteiger partial charge in [-0.3, -0.25) is 24.3 Å². The maximum Gasteiger partial charge on any atom is 0.417 e. The molecule has 0 radical (unpaired) electrons. The Morgan fingerprint density at radius 1 is 1.06 bits per heavy atom. The summed E-state index contributed by atoms with van der Waals surface area (Å²) in [4.78, 5) is 57.7. The molecule has 3 heterocycles. The Bertz CT molecular complexity index is 1410. The molecule has 1 atom stereocenters.